The van der Waals surface area contributed by atoms with Crippen LogP contribution in [0, 0.1) is 12.3 Å². The highest BCUT2D eigenvalue weighted by Gasteiger charge is 2.28. The molecule has 0 radical (unpaired) electrons. The van der Waals surface area contributed by atoms with Crippen LogP contribution in [0.15, 0.2) is 22.7 Å². The maximum absolute atomic E-state index is 10.4. The van der Waals surface area contributed by atoms with E-state index in [4.69, 9.17) is 15.9 Å². The van der Waals surface area contributed by atoms with E-state index >= 15 is 0 Å². The van der Waals surface area contributed by atoms with Crippen molar-refractivity contribution < 1.29 is 14.3 Å². The van der Waals surface area contributed by atoms with Crippen LogP contribution in [0.2, 0.25) is 0 Å². The Morgan fingerprint density at radius 1 is 1.67 bits per heavy atom. The first kappa shape index (κ1) is 15.2. The number of hydrogen-bond donors (Lipinski definition) is 0. The molecule has 0 saturated heterocycles. The van der Waals surface area contributed by atoms with Crippen LogP contribution in [0.4, 0.5) is 0 Å². The number of aldehydes is 1. The average molecular weight is 313 g/mol. The number of carbonyl (C=O) groups is 1. The van der Waals surface area contributed by atoms with Crippen molar-refractivity contribution in [2.75, 3.05) is 6.61 Å². The van der Waals surface area contributed by atoms with E-state index in [0.29, 0.717) is 12.9 Å². The van der Waals surface area contributed by atoms with Crippen LogP contribution in [0.5, 0.6) is 0 Å². The normalized spacial score (nSPS) is 27.8. The molecule has 0 spiro atoms. The lowest BCUT2D eigenvalue weighted by Crippen LogP contribution is -2.37. The van der Waals surface area contributed by atoms with Crippen molar-refractivity contribution in [2.24, 2.45) is 0 Å². The molecule has 0 N–H and O–H groups in total. The van der Waals surface area contributed by atoms with E-state index in [2.05, 4.69) is 28.8 Å². The lowest BCUT2D eigenvalue weighted by molar-refractivity contribution is -0.104. The lowest BCUT2D eigenvalue weighted by Gasteiger charge is -2.30. The van der Waals surface area contributed by atoms with Crippen molar-refractivity contribution >= 4 is 22.2 Å². The lowest BCUT2D eigenvalue weighted by atomic mass is 10.1. The number of rotatable bonds is 6. The molecule has 98 valence electrons. The van der Waals surface area contributed by atoms with Gasteiger partial charge in [0.1, 0.15) is 24.6 Å². The molecule has 0 aromatic rings. The van der Waals surface area contributed by atoms with E-state index < -0.39 is 6.10 Å². The first-order valence-corrected chi connectivity index (χ1v) is 6.74. The second-order valence-corrected chi connectivity index (χ2v) is 4.82. The molecule has 0 unspecified atom stereocenters. The summed E-state index contributed by atoms with van der Waals surface area (Å²) in [6, 6.07) is 0. The number of carbonyl (C=O) groups excluding carboxylic acids is 1. The molecule has 18 heavy (non-hydrogen) atoms. The highest BCUT2D eigenvalue weighted by Crippen LogP contribution is 2.26. The first-order valence-electron chi connectivity index (χ1n) is 5.95. The van der Waals surface area contributed by atoms with Gasteiger partial charge in [0, 0.05) is 11.1 Å². The van der Waals surface area contributed by atoms with Crippen LogP contribution in [0.25, 0.3) is 0 Å². The van der Waals surface area contributed by atoms with Gasteiger partial charge in [-0.15, -0.1) is 6.42 Å². The zero-order valence-corrected chi connectivity index (χ0v) is 11.9. The number of unbranched alkanes of at least 4 members (excludes halogenated alkanes) is 1. The highest BCUT2D eigenvalue weighted by atomic mass is 79.9. The Bertz CT molecular complexity index is 368. The summed E-state index contributed by atoms with van der Waals surface area (Å²) in [5.41, 5.74) is 0. The summed E-state index contributed by atoms with van der Waals surface area (Å²) in [5, 5.41) is 0. The van der Waals surface area contributed by atoms with Crippen LogP contribution in [0.3, 0.4) is 0 Å². The summed E-state index contributed by atoms with van der Waals surface area (Å²) < 4.78 is 12.2. The molecule has 0 bridgehead atoms. The number of terminal acetylenes is 1. The summed E-state index contributed by atoms with van der Waals surface area (Å²) in [5.74, 6) is 2.53. The molecule has 0 saturated carbocycles. The maximum Gasteiger partial charge on any atom is 0.150 e. The summed E-state index contributed by atoms with van der Waals surface area (Å²) in [6.07, 6.45) is 12.2. The molecular weight excluding hydrogens is 296 g/mol. The standard InChI is InChI=1S/C14H17BrO3/c1-3-5-9-17-14-10-11(15)12(4-2)18-13(14)7-6-8-16/h2,6-8,10,12-14H,3,5,9H2,1H3/b7-6+/t12-,13-,14-/m1/s1. The third-order valence-electron chi connectivity index (χ3n) is 2.53. The minimum Gasteiger partial charge on any atom is -0.371 e. The fraction of sp³-hybridized carbons (Fsp3) is 0.500. The van der Waals surface area contributed by atoms with E-state index in [9.17, 15) is 4.79 Å². The molecule has 1 aliphatic rings. The Hall–Kier alpha value is -0.890. The largest absolute Gasteiger partial charge is 0.371 e. The van der Waals surface area contributed by atoms with Crippen molar-refractivity contribution in [2.45, 2.75) is 38.1 Å². The summed E-state index contributed by atoms with van der Waals surface area (Å²) >= 11 is 3.38. The molecule has 1 heterocycles. The third-order valence-corrected chi connectivity index (χ3v) is 3.21. The number of ether oxygens (including phenoxy) is 2. The van der Waals surface area contributed by atoms with Gasteiger partial charge in [-0.05, 0) is 24.6 Å². The number of hydrogen-bond acceptors (Lipinski definition) is 3. The van der Waals surface area contributed by atoms with Gasteiger partial charge in [-0.3, -0.25) is 4.79 Å². The van der Waals surface area contributed by atoms with E-state index in [1.54, 1.807) is 6.08 Å². The van der Waals surface area contributed by atoms with Crippen LogP contribution >= 0.6 is 15.9 Å². The number of halogens is 1. The van der Waals surface area contributed by atoms with Gasteiger partial charge in [-0.1, -0.05) is 35.2 Å². The van der Waals surface area contributed by atoms with Crippen LogP contribution in [0.1, 0.15) is 19.8 Å². The van der Waals surface area contributed by atoms with E-state index in [0.717, 1.165) is 17.3 Å². The molecule has 0 amide bonds. The minimum atomic E-state index is -0.419. The zero-order valence-electron chi connectivity index (χ0n) is 10.3. The fourth-order valence-corrected chi connectivity index (χ4v) is 2.07. The Morgan fingerprint density at radius 2 is 2.44 bits per heavy atom. The van der Waals surface area contributed by atoms with E-state index in [-0.39, 0.29) is 12.2 Å². The van der Waals surface area contributed by atoms with Crippen molar-refractivity contribution in [3.8, 4) is 12.3 Å². The Kier molecular flexibility index (Phi) is 6.96. The molecule has 0 fully saturated rings. The third kappa shape index (κ3) is 4.41. The van der Waals surface area contributed by atoms with Gasteiger partial charge in [0.25, 0.3) is 0 Å². The highest BCUT2D eigenvalue weighted by molar-refractivity contribution is 9.11. The predicted molar refractivity (Wildman–Crippen MR) is 74.4 cm³/mol. The van der Waals surface area contributed by atoms with Gasteiger partial charge in [0.05, 0.1) is 0 Å². The second-order valence-electron chi connectivity index (χ2n) is 3.91. The van der Waals surface area contributed by atoms with Gasteiger partial charge >= 0.3 is 0 Å². The Labute approximate surface area is 116 Å². The van der Waals surface area contributed by atoms with Gasteiger partial charge in [-0.25, -0.2) is 0 Å². The van der Waals surface area contributed by atoms with Gasteiger partial charge < -0.3 is 9.47 Å². The molecule has 3 nitrogen and oxygen atoms in total. The summed E-state index contributed by atoms with van der Waals surface area (Å²) in [6.45, 7) is 2.76. The van der Waals surface area contributed by atoms with Crippen LogP contribution < -0.4 is 0 Å². The molecule has 0 aliphatic carbocycles. The number of allylic oxidation sites excluding steroid dienone is 1. The monoisotopic (exact) mass is 312 g/mol. The van der Waals surface area contributed by atoms with Crippen molar-refractivity contribution in [3.05, 3.63) is 22.7 Å². The topological polar surface area (TPSA) is 35.5 Å². The molecule has 0 aromatic carbocycles. The minimum absolute atomic E-state index is 0.216. The fourth-order valence-electron chi connectivity index (χ4n) is 1.57. The second kappa shape index (κ2) is 8.25. The molecule has 1 rings (SSSR count). The van der Waals surface area contributed by atoms with Crippen LogP contribution in [-0.4, -0.2) is 31.2 Å². The summed E-state index contributed by atoms with van der Waals surface area (Å²) in [7, 11) is 0. The summed E-state index contributed by atoms with van der Waals surface area (Å²) in [4.78, 5) is 10.4. The first-order chi connectivity index (χ1) is 8.72. The van der Waals surface area contributed by atoms with Gasteiger partial charge in [0.2, 0.25) is 0 Å². The quantitative estimate of drug-likeness (QED) is 0.327. The van der Waals surface area contributed by atoms with Gasteiger partial charge in [0.15, 0.2) is 0 Å². The predicted octanol–water partition coefficient (Wildman–Crippen LogP) is 2.61. The average Bonchev–Trinajstić information content (AvgIpc) is 2.38. The van der Waals surface area contributed by atoms with E-state index in [1.807, 2.05) is 6.08 Å². The molecular formula is C14H17BrO3. The Morgan fingerprint density at radius 3 is 3.06 bits per heavy atom. The van der Waals surface area contributed by atoms with E-state index in [1.165, 1.54) is 6.08 Å². The molecule has 1 aliphatic heterocycles. The van der Waals surface area contributed by atoms with Gasteiger partial charge in [-0.2, -0.15) is 0 Å². The zero-order chi connectivity index (χ0) is 13.4. The Balaban J connectivity index is 2.74. The molecule has 3 atom stereocenters. The van der Waals surface area contributed by atoms with Crippen molar-refractivity contribution in [1.29, 1.82) is 0 Å². The van der Waals surface area contributed by atoms with Crippen molar-refractivity contribution in [1.82, 2.24) is 0 Å². The smallest absolute Gasteiger partial charge is 0.150 e. The SMILES string of the molecule is C#C[C@H]1O[C@H](/C=C/C=O)[C@H](OCCCC)C=C1Br. The van der Waals surface area contributed by atoms with Crippen molar-refractivity contribution in [3.63, 3.8) is 0 Å². The maximum atomic E-state index is 10.4. The van der Waals surface area contributed by atoms with Crippen LogP contribution in [-0.2, 0) is 14.3 Å². The molecule has 0 aromatic heterocycles. The molecule has 4 heteroatoms.